The fourth-order valence-corrected chi connectivity index (χ4v) is 4.42. The van der Waals surface area contributed by atoms with E-state index in [9.17, 15) is 4.79 Å². The largest absolute Gasteiger partial charge is 0.488 e. The lowest BCUT2D eigenvalue weighted by Crippen LogP contribution is -2.38. The van der Waals surface area contributed by atoms with Crippen molar-refractivity contribution in [3.05, 3.63) is 36.0 Å². The van der Waals surface area contributed by atoms with Crippen molar-refractivity contribution in [3.63, 3.8) is 0 Å². The Balaban J connectivity index is 1.40. The SMILES string of the molecule is CCCCc1cc(OC2CCN(CCCCC(=O)NCCCOC)CC2)c2ncccc2c1. The number of nitrogens with one attached hydrogen (secondary N) is 1. The van der Waals surface area contributed by atoms with E-state index in [-0.39, 0.29) is 12.0 Å². The van der Waals surface area contributed by atoms with Crippen LogP contribution in [0, 0.1) is 0 Å². The van der Waals surface area contributed by atoms with E-state index >= 15 is 0 Å². The van der Waals surface area contributed by atoms with Gasteiger partial charge in [-0.2, -0.15) is 0 Å². The zero-order valence-electron chi connectivity index (χ0n) is 20.5. The summed E-state index contributed by atoms with van der Waals surface area (Å²) in [7, 11) is 1.68. The van der Waals surface area contributed by atoms with Crippen molar-refractivity contribution in [2.75, 3.05) is 39.9 Å². The normalized spacial score (nSPS) is 15.1. The summed E-state index contributed by atoms with van der Waals surface area (Å²) in [6.45, 7) is 6.78. The van der Waals surface area contributed by atoms with Crippen LogP contribution in [0.2, 0.25) is 0 Å². The molecule has 1 aromatic carbocycles. The second kappa shape index (κ2) is 14.2. The molecule has 3 rings (SSSR count). The third-order valence-corrected chi connectivity index (χ3v) is 6.35. The van der Waals surface area contributed by atoms with Crippen molar-refractivity contribution in [3.8, 4) is 5.75 Å². The predicted molar refractivity (Wildman–Crippen MR) is 134 cm³/mol. The molecule has 6 nitrogen and oxygen atoms in total. The highest BCUT2D eigenvalue weighted by molar-refractivity contribution is 5.85. The van der Waals surface area contributed by atoms with Gasteiger partial charge in [-0.1, -0.05) is 19.4 Å². The second-order valence-corrected chi connectivity index (χ2v) is 9.08. The summed E-state index contributed by atoms with van der Waals surface area (Å²) in [6, 6.07) is 8.59. The van der Waals surface area contributed by atoms with Gasteiger partial charge < -0.3 is 19.7 Å². The van der Waals surface area contributed by atoms with Crippen LogP contribution in [0.15, 0.2) is 30.5 Å². The quantitative estimate of drug-likeness (QED) is 0.417. The number of carbonyl (C=O) groups is 1. The molecule has 0 unspecified atom stereocenters. The number of aromatic nitrogens is 1. The minimum absolute atomic E-state index is 0.153. The van der Waals surface area contributed by atoms with E-state index < -0.39 is 0 Å². The number of benzene rings is 1. The number of amides is 1. The smallest absolute Gasteiger partial charge is 0.219 e. The minimum atomic E-state index is 0.153. The van der Waals surface area contributed by atoms with Crippen LogP contribution in [0.1, 0.15) is 63.9 Å². The molecular formula is C27H41N3O3. The van der Waals surface area contributed by atoms with Crippen molar-refractivity contribution < 1.29 is 14.3 Å². The Bertz CT molecular complexity index is 850. The summed E-state index contributed by atoms with van der Waals surface area (Å²) in [5.41, 5.74) is 2.31. The monoisotopic (exact) mass is 455 g/mol. The molecule has 2 heterocycles. The van der Waals surface area contributed by atoms with E-state index in [0.29, 0.717) is 19.6 Å². The lowest BCUT2D eigenvalue weighted by atomic mass is 10.0. The molecule has 1 aliphatic rings. The number of methoxy groups -OCH3 is 1. The number of piperidine rings is 1. The molecule has 1 fully saturated rings. The molecule has 1 amide bonds. The number of ether oxygens (including phenoxy) is 2. The van der Waals surface area contributed by atoms with Gasteiger partial charge in [0.25, 0.3) is 0 Å². The molecule has 0 atom stereocenters. The molecule has 1 N–H and O–H groups in total. The standard InChI is InChI=1S/C27H41N3O3/c1-3-4-9-22-20-23-10-7-14-29-27(23)25(21-22)33-24-12-17-30(18-13-24)16-6-5-11-26(31)28-15-8-19-32-2/h7,10,14,20-21,24H,3-6,8-9,11-13,15-19H2,1-2H3,(H,28,31). The van der Waals surface area contributed by atoms with Gasteiger partial charge in [-0.05, 0) is 75.3 Å². The number of rotatable bonds is 14. The van der Waals surface area contributed by atoms with Gasteiger partial charge in [0.2, 0.25) is 5.91 Å². The Hall–Kier alpha value is -2.18. The number of carbonyl (C=O) groups excluding carboxylic acids is 1. The molecular weight excluding hydrogens is 414 g/mol. The van der Waals surface area contributed by atoms with E-state index in [4.69, 9.17) is 9.47 Å². The van der Waals surface area contributed by atoms with E-state index in [1.165, 1.54) is 23.8 Å². The summed E-state index contributed by atoms with van der Waals surface area (Å²) < 4.78 is 11.5. The molecule has 6 heteroatoms. The molecule has 1 saturated heterocycles. The number of hydrogen-bond donors (Lipinski definition) is 1. The number of hydrogen-bond acceptors (Lipinski definition) is 5. The Morgan fingerprint density at radius 3 is 2.82 bits per heavy atom. The van der Waals surface area contributed by atoms with E-state index in [2.05, 4.69) is 40.3 Å². The first-order valence-corrected chi connectivity index (χ1v) is 12.7. The van der Waals surface area contributed by atoms with Gasteiger partial charge in [0, 0.05) is 51.4 Å². The zero-order chi connectivity index (χ0) is 23.3. The maximum absolute atomic E-state index is 11.9. The summed E-state index contributed by atoms with van der Waals surface area (Å²) in [5, 5.41) is 4.13. The van der Waals surface area contributed by atoms with Gasteiger partial charge in [-0.3, -0.25) is 9.78 Å². The summed E-state index contributed by atoms with van der Waals surface area (Å²) in [6.07, 6.45) is 11.1. The van der Waals surface area contributed by atoms with Crippen LogP contribution in [0.5, 0.6) is 5.75 Å². The summed E-state index contributed by atoms with van der Waals surface area (Å²) in [4.78, 5) is 19.0. The van der Waals surface area contributed by atoms with Crippen molar-refractivity contribution in [2.45, 2.75) is 70.8 Å². The summed E-state index contributed by atoms with van der Waals surface area (Å²) in [5.74, 6) is 1.09. The molecule has 0 aliphatic carbocycles. The van der Waals surface area contributed by atoms with Crippen LogP contribution in [0.4, 0.5) is 0 Å². The van der Waals surface area contributed by atoms with Gasteiger partial charge in [0.05, 0.1) is 0 Å². The van der Waals surface area contributed by atoms with Crippen molar-refractivity contribution in [2.24, 2.45) is 0 Å². The van der Waals surface area contributed by atoms with Crippen molar-refractivity contribution in [1.82, 2.24) is 15.2 Å². The Morgan fingerprint density at radius 2 is 2.03 bits per heavy atom. The first kappa shape index (κ1) is 25.4. The fourth-order valence-electron chi connectivity index (χ4n) is 4.42. The van der Waals surface area contributed by atoms with Gasteiger partial charge in [0.15, 0.2) is 0 Å². The van der Waals surface area contributed by atoms with Crippen molar-refractivity contribution >= 4 is 16.8 Å². The van der Waals surface area contributed by atoms with Gasteiger partial charge >= 0.3 is 0 Å². The molecule has 0 saturated carbocycles. The molecule has 1 aliphatic heterocycles. The highest BCUT2D eigenvalue weighted by Gasteiger charge is 2.21. The Kier molecular flexibility index (Phi) is 10.9. The number of unbranched alkanes of at least 4 members (excludes halogenated alkanes) is 2. The Labute approximate surface area is 199 Å². The molecule has 0 bridgehead atoms. The molecule has 1 aromatic heterocycles. The zero-order valence-corrected chi connectivity index (χ0v) is 20.5. The first-order valence-electron chi connectivity index (χ1n) is 12.7. The molecule has 182 valence electrons. The Morgan fingerprint density at radius 1 is 1.18 bits per heavy atom. The maximum Gasteiger partial charge on any atom is 0.219 e. The van der Waals surface area contributed by atoms with Crippen molar-refractivity contribution in [1.29, 1.82) is 0 Å². The second-order valence-electron chi connectivity index (χ2n) is 9.08. The van der Waals surface area contributed by atoms with Crippen LogP contribution in [0.25, 0.3) is 10.9 Å². The number of pyridine rings is 1. The highest BCUT2D eigenvalue weighted by Crippen LogP contribution is 2.29. The molecule has 0 radical (unpaired) electrons. The number of nitrogens with zero attached hydrogens (tertiary/aromatic N) is 2. The minimum Gasteiger partial charge on any atom is -0.488 e. The topological polar surface area (TPSA) is 63.7 Å². The fraction of sp³-hybridized carbons (Fsp3) is 0.630. The van der Waals surface area contributed by atoms with Crippen LogP contribution >= 0.6 is 0 Å². The third-order valence-electron chi connectivity index (χ3n) is 6.35. The van der Waals surface area contributed by atoms with Crippen LogP contribution in [0.3, 0.4) is 0 Å². The van der Waals surface area contributed by atoms with Crippen LogP contribution < -0.4 is 10.1 Å². The third kappa shape index (κ3) is 8.59. The lowest BCUT2D eigenvalue weighted by molar-refractivity contribution is -0.121. The molecule has 2 aromatic rings. The van der Waals surface area contributed by atoms with E-state index in [1.54, 1.807) is 7.11 Å². The van der Waals surface area contributed by atoms with Gasteiger partial charge in [-0.25, -0.2) is 0 Å². The molecule has 33 heavy (non-hydrogen) atoms. The number of fused-ring (bicyclic) bond motifs is 1. The van der Waals surface area contributed by atoms with E-state index in [0.717, 1.165) is 69.4 Å². The maximum atomic E-state index is 11.9. The molecule has 0 spiro atoms. The summed E-state index contributed by atoms with van der Waals surface area (Å²) >= 11 is 0. The van der Waals surface area contributed by atoms with Crippen LogP contribution in [-0.2, 0) is 16.0 Å². The van der Waals surface area contributed by atoms with Gasteiger partial charge in [-0.15, -0.1) is 0 Å². The first-order chi connectivity index (χ1) is 16.2. The average molecular weight is 456 g/mol. The van der Waals surface area contributed by atoms with E-state index in [1.807, 2.05) is 12.3 Å². The van der Waals surface area contributed by atoms with Crippen LogP contribution in [-0.4, -0.2) is 61.8 Å². The lowest BCUT2D eigenvalue weighted by Gasteiger charge is -2.32. The van der Waals surface area contributed by atoms with Gasteiger partial charge in [0.1, 0.15) is 17.4 Å². The average Bonchev–Trinajstić information content (AvgIpc) is 2.84. The highest BCUT2D eigenvalue weighted by atomic mass is 16.5. The number of aryl methyl sites for hydroxylation is 1. The predicted octanol–water partition coefficient (Wildman–Crippen LogP) is 4.74. The number of likely N-dealkylation sites (tertiary alicyclic amines) is 1.